The summed E-state index contributed by atoms with van der Waals surface area (Å²) in [5, 5.41) is 0. The van der Waals surface area contributed by atoms with Gasteiger partial charge in [-0.15, -0.1) is 0 Å². The van der Waals surface area contributed by atoms with Gasteiger partial charge in [0.2, 0.25) is 0 Å². The van der Waals surface area contributed by atoms with Gasteiger partial charge in [0.15, 0.2) is 25.0 Å². The van der Waals surface area contributed by atoms with Crippen LogP contribution in [0.2, 0.25) is 58.9 Å². The van der Waals surface area contributed by atoms with Crippen LogP contribution in [0.3, 0.4) is 0 Å². The van der Waals surface area contributed by atoms with Crippen molar-refractivity contribution in [2.24, 2.45) is 40.4 Å². The highest BCUT2D eigenvalue weighted by Gasteiger charge is 2.61. The van der Waals surface area contributed by atoms with Crippen molar-refractivity contribution in [2.75, 3.05) is 6.61 Å². The minimum absolute atomic E-state index is 0.288. The second-order valence-electron chi connectivity index (χ2n) is 16.7. The average molecular weight is 553 g/mol. The van der Waals surface area contributed by atoms with Crippen molar-refractivity contribution in [3.63, 3.8) is 0 Å². The van der Waals surface area contributed by atoms with Crippen molar-refractivity contribution < 1.29 is 13.3 Å². The molecule has 0 heterocycles. The molecule has 4 aliphatic carbocycles. The summed E-state index contributed by atoms with van der Waals surface area (Å²) in [7, 11) is -4.66. The molecule has 6 heteroatoms. The topological polar surface area (TPSA) is 27.7 Å². The van der Waals surface area contributed by atoms with E-state index in [9.17, 15) is 0 Å². The molecule has 4 aliphatic rings. The smallest absolute Gasteiger partial charge is 0.184 e. The molecule has 4 fully saturated rings. The van der Waals surface area contributed by atoms with Crippen LogP contribution in [0.25, 0.3) is 0 Å². The maximum absolute atomic E-state index is 6.95. The molecule has 0 saturated heterocycles. The third-order valence-corrected chi connectivity index (χ3v) is 13.9. The number of hydrogen-bond donors (Lipinski definition) is 0. The monoisotopic (exact) mass is 552 g/mol. The highest BCUT2D eigenvalue weighted by atomic mass is 28.4. The molecule has 0 aromatic carbocycles. The van der Waals surface area contributed by atoms with Crippen molar-refractivity contribution >= 4 is 25.0 Å². The lowest BCUT2D eigenvalue weighted by atomic mass is 9.44. The minimum Gasteiger partial charge on any atom is -0.415 e. The number of hydrogen-bond acceptors (Lipinski definition) is 3. The Bertz CT molecular complexity index is 769. The molecule has 0 bridgehead atoms. The normalized spacial score (nSPS) is 42.4. The Morgan fingerprint density at radius 1 is 0.694 bits per heavy atom. The Labute approximate surface area is 227 Å². The summed E-state index contributed by atoms with van der Waals surface area (Å²) >= 11 is 0. The lowest BCUT2D eigenvalue weighted by Crippen LogP contribution is -2.55. The molecule has 9 atom stereocenters. The Morgan fingerprint density at radius 3 is 1.94 bits per heavy atom. The number of fused-ring (bicyclic) bond motifs is 5. The van der Waals surface area contributed by atoms with Gasteiger partial charge in [-0.05, 0) is 157 Å². The summed E-state index contributed by atoms with van der Waals surface area (Å²) in [6.07, 6.45) is 13.3. The lowest BCUT2D eigenvalue weighted by molar-refractivity contribution is -0.132. The molecule has 0 radical (unpaired) electrons. The van der Waals surface area contributed by atoms with Gasteiger partial charge >= 0.3 is 0 Å². The second-order valence-corrected chi connectivity index (χ2v) is 30.1. The van der Waals surface area contributed by atoms with Crippen molar-refractivity contribution in [3.8, 4) is 0 Å². The van der Waals surface area contributed by atoms with E-state index >= 15 is 0 Å². The molecule has 3 nitrogen and oxygen atoms in total. The van der Waals surface area contributed by atoms with Crippen LogP contribution in [0.4, 0.5) is 0 Å². The van der Waals surface area contributed by atoms with Crippen LogP contribution >= 0.6 is 0 Å². The summed E-state index contributed by atoms with van der Waals surface area (Å²) in [6.45, 7) is 27.4. The SMILES string of the molecule is C[C@]12CCC3C(CC[C@@H]4C[C@H](O[Si](C)(C)C)CC[C@]34C)C1CC[C@@H]2[C@H](CO[Si](C)(C)C)O[Si](C)(C)C. The Morgan fingerprint density at radius 2 is 1.33 bits per heavy atom. The fourth-order valence-electron chi connectivity index (χ4n) is 9.50. The zero-order valence-corrected chi connectivity index (χ0v) is 28.8. The van der Waals surface area contributed by atoms with E-state index in [1.165, 1.54) is 57.8 Å². The van der Waals surface area contributed by atoms with Gasteiger partial charge in [0.1, 0.15) is 0 Å². The van der Waals surface area contributed by atoms with Crippen molar-refractivity contribution in [1.29, 1.82) is 0 Å². The van der Waals surface area contributed by atoms with Gasteiger partial charge in [-0.3, -0.25) is 0 Å². The predicted molar refractivity (Wildman–Crippen MR) is 161 cm³/mol. The first kappa shape index (κ1) is 29.5. The first-order valence-electron chi connectivity index (χ1n) is 15.4. The average Bonchev–Trinajstić information content (AvgIpc) is 3.06. The van der Waals surface area contributed by atoms with E-state index in [2.05, 4.69) is 72.8 Å². The van der Waals surface area contributed by atoms with Gasteiger partial charge in [0.05, 0.1) is 12.7 Å². The lowest BCUT2D eigenvalue weighted by Gasteiger charge is -2.61. The fourth-order valence-corrected chi connectivity index (χ4v) is 12.5. The number of rotatable bonds is 8. The first-order valence-corrected chi connectivity index (χ1v) is 25.6. The van der Waals surface area contributed by atoms with E-state index in [0.717, 1.165) is 30.3 Å². The molecule has 3 unspecified atom stereocenters. The van der Waals surface area contributed by atoms with Crippen molar-refractivity contribution in [2.45, 2.75) is 143 Å². The van der Waals surface area contributed by atoms with Gasteiger partial charge in [-0.1, -0.05) is 13.8 Å². The molecule has 0 aromatic rings. The highest BCUT2D eigenvalue weighted by molar-refractivity contribution is 6.70. The molecule has 36 heavy (non-hydrogen) atoms. The van der Waals surface area contributed by atoms with Crippen molar-refractivity contribution in [1.82, 2.24) is 0 Å². The second kappa shape index (κ2) is 10.2. The van der Waals surface area contributed by atoms with Gasteiger partial charge < -0.3 is 13.3 Å². The zero-order valence-electron chi connectivity index (χ0n) is 25.8. The third-order valence-electron chi connectivity index (χ3n) is 10.8. The largest absolute Gasteiger partial charge is 0.415 e. The van der Waals surface area contributed by atoms with Gasteiger partial charge in [0.25, 0.3) is 0 Å². The molecule has 0 N–H and O–H groups in total. The van der Waals surface area contributed by atoms with Crippen LogP contribution in [-0.2, 0) is 13.3 Å². The van der Waals surface area contributed by atoms with Crippen LogP contribution in [-0.4, -0.2) is 43.8 Å². The standard InChI is InChI=1S/C30H60O3Si3/c1-29-18-16-23(32-35(6,7)8)20-22(29)12-13-24-25-14-15-27(30(25,2)19-17-26(24)29)28(33-36(9,10)11)21-31-34(3,4)5/h22-28H,12-21H2,1-11H3/t22-,23-,24?,25?,26?,27-,28+,29+,30+/m1/s1. The van der Waals surface area contributed by atoms with Gasteiger partial charge in [0, 0.05) is 6.10 Å². The molecule has 0 spiro atoms. The quantitative estimate of drug-likeness (QED) is 0.281. The predicted octanol–water partition coefficient (Wildman–Crippen LogP) is 8.94. The van der Waals surface area contributed by atoms with E-state index in [-0.39, 0.29) is 6.10 Å². The summed E-state index contributed by atoms with van der Waals surface area (Å²) in [4.78, 5) is 0. The Hall–Kier alpha value is 0.531. The van der Waals surface area contributed by atoms with Gasteiger partial charge in [-0.25, -0.2) is 0 Å². The van der Waals surface area contributed by atoms with Crippen LogP contribution in [0.15, 0.2) is 0 Å². The molecule has 210 valence electrons. The minimum atomic E-state index is -1.64. The summed E-state index contributed by atoms with van der Waals surface area (Å²) in [6, 6.07) is 0. The van der Waals surface area contributed by atoms with E-state index in [4.69, 9.17) is 13.3 Å². The highest BCUT2D eigenvalue weighted by Crippen LogP contribution is 2.68. The fraction of sp³-hybridized carbons (Fsp3) is 1.00. The maximum atomic E-state index is 6.95. The van der Waals surface area contributed by atoms with E-state index < -0.39 is 25.0 Å². The Kier molecular flexibility index (Phi) is 8.34. The molecular weight excluding hydrogens is 493 g/mol. The van der Waals surface area contributed by atoms with Crippen LogP contribution in [0.1, 0.15) is 71.6 Å². The van der Waals surface area contributed by atoms with Gasteiger partial charge in [-0.2, -0.15) is 0 Å². The van der Waals surface area contributed by atoms with Crippen LogP contribution in [0.5, 0.6) is 0 Å². The van der Waals surface area contributed by atoms with E-state index in [1.54, 1.807) is 0 Å². The molecule has 4 saturated carbocycles. The molecule has 4 rings (SSSR count). The molecular formula is C30H60O3Si3. The maximum Gasteiger partial charge on any atom is 0.184 e. The first-order chi connectivity index (χ1) is 16.4. The van der Waals surface area contributed by atoms with Crippen LogP contribution in [0, 0.1) is 40.4 Å². The Balaban J connectivity index is 1.50. The third kappa shape index (κ3) is 6.30. The summed E-state index contributed by atoms with van der Waals surface area (Å²) < 4.78 is 20.1. The van der Waals surface area contributed by atoms with Crippen molar-refractivity contribution in [3.05, 3.63) is 0 Å². The molecule has 0 aliphatic heterocycles. The van der Waals surface area contributed by atoms with E-state index in [0.29, 0.717) is 22.9 Å². The zero-order chi connectivity index (χ0) is 26.7. The summed E-state index contributed by atoms with van der Waals surface area (Å²) in [5.74, 6) is 4.28. The van der Waals surface area contributed by atoms with Crippen LogP contribution < -0.4 is 0 Å². The van der Waals surface area contributed by atoms with E-state index in [1.807, 2.05) is 0 Å². The molecule has 0 amide bonds. The summed E-state index contributed by atoms with van der Waals surface area (Å²) in [5.41, 5.74) is 0.965. The molecule has 0 aromatic heterocycles.